The van der Waals surface area contributed by atoms with Gasteiger partial charge in [-0.15, -0.1) is 0 Å². The molecule has 0 spiro atoms. The highest BCUT2D eigenvalue weighted by atomic mass is 79.9. The molecule has 4 rings (SSSR count). The number of carbonyl (C=O) groups is 2. The normalized spacial score (nSPS) is 14.0. The highest BCUT2D eigenvalue weighted by molar-refractivity contribution is 5.98. The van der Waals surface area contributed by atoms with Crippen LogP contribution in [0.25, 0.3) is 0 Å². The van der Waals surface area contributed by atoms with Gasteiger partial charge in [0.2, 0.25) is 11.6 Å². The Morgan fingerprint density at radius 3 is 1.30 bits per heavy atom. The topological polar surface area (TPSA) is 71.1 Å². The maximum Gasteiger partial charge on any atom is 0.217 e. The minimum Gasteiger partial charge on any atom is -1.00 e. The second-order valence-electron chi connectivity index (χ2n) is 11.6. The van der Waals surface area contributed by atoms with Gasteiger partial charge >= 0.3 is 0 Å². The number of nitrogens with zero attached hydrogens (tertiary/aromatic N) is 2. The maximum absolute atomic E-state index is 12.9. The molecule has 2 aliphatic rings. The smallest absolute Gasteiger partial charge is 0.217 e. The number of hydrogen-bond donors (Lipinski definition) is 0. The summed E-state index contributed by atoms with van der Waals surface area (Å²) in [7, 11) is 8.44. The summed E-state index contributed by atoms with van der Waals surface area (Å²) >= 11 is 0. The Kier molecular flexibility index (Phi) is 12.9. The molecule has 222 valence electrons. The van der Waals surface area contributed by atoms with Gasteiger partial charge in [0.25, 0.3) is 0 Å². The van der Waals surface area contributed by atoms with E-state index in [9.17, 15) is 9.59 Å². The summed E-state index contributed by atoms with van der Waals surface area (Å²) < 4.78 is 23.7. The van der Waals surface area contributed by atoms with Crippen LogP contribution in [0.3, 0.4) is 0 Å². The third-order valence-corrected chi connectivity index (χ3v) is 7.15. The number of halogens is 2. The predicted molar refractivity (Wildman–Crippen MR) is 146 cm³/mol. The number of rotatable bonds is 13. The monoisotopic (exact) mass is 684 g/mol. The van der Waals surface area contributed by atoms with Crippen molar-refractivity contribution in [2.24, 2.45) is 0 Å². The molecule has 0 N–H and O–H groups in total. The molecule has 0 bridgehead atoms. The van der Waals surface area contributed by atoms with Crippen LogP contribution < -0.4 is 52.9 Å². The number of ether oxygens (including phenoxy) is 4. The molecule has 2 aromatic rings. The van der Waals surface area contributed by atoms with Crippen molar-refractivity contribution in [3.05, 3.63) is 47.5 Å². The second-order valence-corrected chi connectivity index (χ2v) is 11.6. The van der Waals surface area contributed by atoms with Gasteiger partial charge in [0.15, 0.2) is 23.0 Å². The summed E-state index contributed by atoms with van der Waals surface area (Å²) in [5.41, 5.74) is 1.34. The lowest BCUT2D eigenvalue weighted by Gasteiger charge is -2.30. The highest BCUT2D eigenvalue weighted by Crippen LogP contribution is 2.32. The van der Waals surface area contributed by atoms with Gasteiger partial charge in [-0.3, -0.25) is 9.59 Å². The molecule has 0 aromatic heterocycles. The number of ketones is 2. The van der Waals surface area contributed by atoms with Crippen LogP contribution in [0, 0.1) is 0 Å². The van der Waals surface area contributed by atoms with Gasteiger partial charge in [-0.05, 0) is 62.1 Å². The lowest BCUT2D eigenvalue weighted by molar-refractivity contribution is -0.882. The third kappa shape index (κ3) is 9.75. The predicted octanol–water partition coefficient (Wildman–Crippen LogP) is -1.98. The van der Waals surface area contributed by atoms with E-state index in [0.717, 1.165) is 38.8 Å². The fraction of sp³-hybridized carbons (Fsp3) is 0.533. The van der Waals surface area contributed by atoms with E-state index in [-0.39, 0.29) is 45.5 Å². The van der Waals surface area contributed by atoms with E-state index in [1.54, 1.807) is 12.1 Å². The van der Waals surface area contributed by atoms with Crippen LogP contribution in [0.15, 0.2) is 36.4 Å². The van der Waals surface area contributed by atoms with Crippen LogP contribution >= 0.6 is 0 Å². The summed E-state index contributed by atoms with van der Waals surface area (Å²) in [5, 5.41) is 0. The Morgan fingerprint density at radius 1 is 0.575 bits per heavy atom. The Labute approximate surface area is 259 Å². The van der Waals surface area contributed by atoms with Crippen LogP contribution in [-0.2, 0) is 0 Å². The number of unbranched alkanes of at least 4 members (excludes halogenated alkanes) is 3. The molecule has 0 saturated carbocycles. The molecule has 0 atom stereocenters. The van der Waals surface area contributed by atoms with Crippen molar-refractivity contribution in [1.82, 2.24) is 0 Å². The summed E-state index contributed by atoms with van der Waals surface area (Å²) in [6, 6.07) is 10.9. The molecule has 0 radical (unpaired) electrons. The first-order valence-corrected chi connectivity index (χ1v) is 13.6. The Hall–Kier alpha value is -2.14. The standard InChI is InChI=1S/C30H42N2O6.2BrH/c1-31(2,21-25(33)23-9-11-27-29(19-23)37-17-15-35-27)13-7-5-6-8-14-32(3,4)22-26(34)24-10-12-28-30(20-24)38-18-16-36-28;;/h9-12,19-20H,5-8,13-18,21-22H2,1-4H3;2*1H/q+2;;/p-2. The minimum atomic E-state index is 0. The molecule has 0 amide bonds. The first-order valence-electron chi connectivity index (χ1n) is 13.6. The summed E-state index contributed by atoms with van der Waals surface area (Å²) in [5.74, 6) is 2.96. The van der Waals surface area contributed by atoms with Crippen molar-refractivity contribution < 1.29 is 71.5 Å². The number of likely N-dealkylation sites (N-methyl/N-ethyl adjacent to an activating group) is 2. The minimum absolute atomic E-state index is 0. The maximum atomic E-state index is 12.9. The average molecular weight is 686 g/mol. The van der Waals surface area contributed by atoms with Gasteiger partial charge in [0.05, 0.1) is 41.3 Å². The van der Waals surface area contributed by atoms with Gasteiger partial charge in [0, 0.05) is 11.1 Å². The van der Waals surface area contributed by atoms with Crippen LogP contribution in [0.2, 0.25) is 0 Å². The number of benzene rings is 2. The van der Waals surface area contributed by atoms with E-state index in [2.05, 4.69) is 28.2 Å². The van der Waals surface area contributed by atoms with Crippen molar-refractivity contribution in [1.29, 1.82) is 0 Å². The Morgan fingerprint density at radius 2 is 0.925 bits per heavy atom. The molecule has 10 heteroatoms. The molecule has 2 aromatic carbocycles. The lowest BCUT2D eigenvalue weighted by Crippen LogP contribution is -3.00. The van der Waals surface area contributed by atoms with Gasteiger partial charge in [-0.2, -0.15) is 0 Å². The van der Waals surface area contributed by atoms with E-state index in [1.165, 1.54) is 0 Å². The van der Waals surface area contributed by atoms with Crippen LogP contribution in [-0.4, -0.2) is 101 Å². The van der Waals surface area contributed by atoms with Crippen LogP contribution in [0.5, 0.6) is 23.0 Å². The number of fused-ring (bicyclic) bond motifs is 2. The molecule has 0 aliphatic carbocycles. The highest BCUT2D eigenvalue weighted by Gasteiger charge is 2.24. The first kappa shape index (κ1) is 34.1. The van der Waals surface area contributed by atoms with Crippen molar-refractivity contribution in [2.75, 3.05) is 80.8 Å². The Bertz CT molecular complexity index is 1070. The van der Waals surface area contributed by atoms with Gasteiger partial charge in [0.1, 0.15) is 39.5 Å². The van der Waals surface area contributed by atoms with Gasteiger partial charge in [-0.25, -0.2) is 0 Å². The van der Waals surface area contributed by atoms with Crippen LogP contribution in [0.1, 0.15) is 46.4 Å². The molecule has 0 fully saturated rings. The van der Waals surface area contributed by atoms with E-state index >= 15 is 0 Å². The third-order valence-electron chi connectivity index (χ3n) is 7.15. The van der Waals surface area contributed by atoms with Crippen molar-refractivity contribution in [3.63, 3.8) is 0 Å². The molecule has 2 heterocycles. The summed E-state index contributed by atoms with van der Waals surface area (Å²) in [4.78, 5) is 25.8. The van der Waals surface area contributed by atoms with Crippen molar-refractivity contribution >= 4 is 11.6 Å². The van der Waals surface area contributed by atoms with Crippen LogP contribution in [0.4, 0.5) is 0 Å². The molecule has 0 saturated heterocycles. The fourth-order valence-corrected chi connectivity index (χ4v) is 4.99. The first-order chi connectivity index (χ1) is 18.1. The van der Waals surface area contributed by atoms with Gasteiger partial charge in [-0.1, -0.05) is 0 Å². The van der Waals surface area contributed by atoms with E-state index < -0.39 is 0 Å². The van der Waals surface area contributed by atoms with Crippen molar-refractivity contribution in [2.45, 2.75) is 25.7 Å². The zero-order chi connectivity index (χ0) is 27.2. The zero-order valence-electron chi connectivity index (χ0n) is 24.0. The van der Waals surface area contributed by atoms with E-state index in [0.29, 0.717) is 82.6 Å². The molecule has 8 nitrogen and oxygen atoms in total. The van der Waals surface area contributed by atoms with Crippen molar-refractivity contribution in [3.8, 4) is 23.0 Å². The average Bonchev–Trinajstić information content (AvgIpc) is 2.89. The fourth-order valence-electron chi connectivity index (χ4n) is 4.99. The zero-order valence-corrected chi connectivity index (χ0v) is 27.2. The second kappa shape index (κ2) is 15.2. The SMILES string of the molecule is C[N+](C)(CCCCCC[N+](C)(C)CC(=O)c1ccc2c(c1)OCCO2)CC(=O)c1ccc2c(c1)OCCO2.[Br-].[Br-]. The number of quaternary nitrogens is 2. The lowest BCUT2D eigenvalue weighted by atomic mass is 10.1. The molecule has 0 unspecified atom stereocenters. The molecular formula is C30H42Br2N2O6. The summed E-state index contributed by atoms with van der Waals surface area (Å²) in [6.45, 7) is 4.89. The Balaban J connectivity index is 0.00000280. The summed E-state index contributed by atoms with van der Waals surface area (Å²) in [6.07, 6.45) is 4.34. The van der Waals surface area contributed by atoms with E-state index in [4.69, 9.17) is 18.9 Å². The molecule has 2 aliphatic heterocycles. The largest absolute Gasteiger partial charge is 1.00 e. The quantitative estimate of drug-likeness (QED) is 0.138. The number of hydrogen-bond acceptors (Lipinski definition) is 6. The van der Waals surface area contributed by atoms with Gasteiger partial charge < -0.3 is 61.9 Å². The molecule has 40 heavy (non-hydrogen) atoms. The molecular weight excluding hydrogens is 644 g/mol. The number of carbonyl (C=O) groups excluding carboxylic acids is 2. The van der Waals surface area contributed by atoms with E-state index in [1.807, 2.05) is 24.3 Å². The number of Topliss-reactive ketones (excluding diaryl/α,β-unsaturated/α-hetero) is 2.